The lowest BCUT2D eigenvalue weighted by Crippen LogP contribution is -2.48. The van der Waals surface area contributed by atoms with E-state index in [-0.39, 0.29) is 0 Å². The van der Waals surface area contributed by atoms with E-state index in [1.165, 1.54) is 39.1 Å². The van der Waals surface area contributed by atoms with Crippen molar-refractivity contribution < 1.29 is 0 Å². The van der Waals surface area contributed by atoms with E-state index in [2.05, 4.69) is 111 Å². The van der Waals surface area contributed by atoms with Gasteiger partial charge in [0.15, 0.2) is 0 Å². The molecule has 4 nitrogen and oxygen atoms in total. The van der Waals surface area contributed by atoms with Gasteiger partial charge in [-0.05, 0) is 101 Å². The highest BCUT2D eigenvalue weighted by Gasteiger charge is 2.21. The molecule has 206 valence electrons. The van der Waals surface area contributed by atoms with Crippen LogP contribution in [-0.2, 0) is 0 Å². The Balaban J connectivity index is 1.48. The van der Waals surface area contributed by atoms with E-state index >= 15 is 0 Å². The van der Waals surface area contributed by atoms with E-state index in [9.17, 15) is 0 Å². The fraction of sp³-hybridized carbons (Fsp3) is 0.429. The molecule has 0 bridgehead atoms. The average Bonchev–Trinajstić information content (AvgIpc) is 2.87. The summed E-state index contributed by atoms with van der Waals surface area (Å²) in [5, 5.41) is 0. The van der Waals surface area contributed by atoms with Gasteiger partial charge in [-0.2, -0.15) is 0 Å². The zero-order valence-corrected chi connectivity index (χ0v) is 24.9. The number of allylic oxidation sites excluding steroid dienone is 10. The summed E-state index contributed by atoms with van der Waals surface area (Å²) in [6.07, 6.45) is 19.9. The number of rotatable bonds is 6. The number of hydrogen-bond acceptors (Lipinski definition) is 4. The summed E-state index contributed by atoms with van der Waals surface area (Å²) < 4.78 is 0. The van der Waals surface area contributed by atoms with Gasteiger partial charge in [0.1, 0.15) is 0 Å². The molecule has 39 heavy (non-hydrogen) atoms. The first-order valence-corrected chi connectivity index (χ1v) is 14.4. The number of nitrogens with zero attached hydrogens (tertiary/aromatic N) is 4. The lowest BCUT2D eigenvalue weighted by Gasteiger charge is -2.39. The van der Waals surface area contributed by atoms with Crippen LogP contribution in [0.25, 0.3) is 5.57 Å². The molecule has 1 atom stereocenters. The maximum Gasteiger partial charge on any atom is 0.0589 e. The molecule has 1 aliphatic heterocycles. The summed E-state index contributed by atoms with van der Waals surface area (Å²) in [6.45, 7) is 21.4. The normalized spacial score (nSPS) is 23.1. The first kappa shape index (κ1) is 28.8. The number of pyridine rings is 1. The van der Waals surface area contributed by atoms with Crippen molar-refractivity contribution in [2.75, 3.05) is 26.2 Å². The molecule has 3 aliphatic rings. The van der Waals surface area contributed by atoms with Crippen molar-refractivity contribution in [2.45, 2.75) is 73.3 Å². The van der Waals surface area contributed by atoms with E-state index in [0.717, 1.165) is 69.0 Å². The predicted molar refractivity (Wildman–Crippen MR) is 168 cm³/mol. The third-order valence-corrected chi connectivity index (χ3v) is 7.94. The third kappa shape index (κ3) is 7.89. The van der Waals surface area contributed by atoms with E-state index in [0.29, 0.717) is 6.04 Å². The molecule has 0 saturated carbocycles. The number of aryl methyl sites for hydroxylation is 1. The minimum absolute atomic E-state index is 0.320. The number of piperazine rings is 1. The van der Waals surface area contributed by atoms with Crippen molar-refractivity contribution in [3.05, 3.63) is 106 Å². The van der Waals surface area contributed by atoms with Crippen LogP contribution in [0.3, 0.4) is 0 Å². The van der Waals surface area contributed by atoms with Crippen LogP contribution in [0.4, 0.5) is 0 Å². The molecule has 0 radical (unpaired) electrons. The van der Waals surface area contributed by atoms with Crippen molar-refractivity contribution in [1.29, 1.82) is 0 Å². The molecule has 1 unspecified atom stereocenters. The Kier molecular flexibility index (Phi) is 9.74. The molecule has 1 saturated heterocycles. The fourth-order valence-electron chi connectivity index (χ4n) is 5.86. The largest absolute Gasteiger partial charge is 0.373 e. The highest BCUT2D eigenvalue weighted by molar-refractivity contribution is 5.87. The Hall–Kier alpha value is -3.24. The van der Waals surface area contributed by atoms with Crippen LogP contribution in [0, 0.1) is 6.92 Å². The van der Waals surface area contributed by atoms with Crippen LogP contribution >= 0.6 is 0 Å². The van der Waals surface area contributed by atoms with Crippen LogP contribution in [-0.4, -0.2) is 52.7 Å². The Morgan fingerprint density at radius 3 is 2.56 bits per heavy atom. The molecule has 2 heterocycles. The maximum atomic E-state index is 5.10. The minimum atomic E-state index is 0.320. The maximum absolute atomic E-state index is 5.10. The van der Waals surface area contributed by atoms with Gasteiger partial charge in [-0.3, -0.25) is 14.9 Å². The van der Waals surface area contributed by atoms with Gasteiger partial charge < -0.3 is 4.90 Å². The number of aromatic nitrogens is 1. The van der Waals surface area contributed by atoms with Crippen molar-refractivity contribution in [2.24, 2.45) is 4.99 Å². The molecule has 1 aromatic heterocycles. The quantitative estimate of drug-likeness (QED) is 0.280. The van der Waals surface area contributed by atoms with E-state index in [4.69, 9.17) is 4.99 Å². The summed E-state index contributed by atoms with van der Waals surface area (Å²) >= 11 is 0. The summed E-state index contributed by atoms with van der Waals surface area (Å²) in [5.74, 6) is 0. The van der Waals surface area contributed by atoms with Gasteiger partial charge in [0.2, 0.25) is 0 Å². The summed E-state index contributed by atoms with van der Waals surface area (Å²) in [5.41, 5.74) is 12.6. The van der Waals surface area contributed by atoms with Crippen LogP contribution in [0.15, 0.2) is 100 Å². The molecule has 0 aromatic carbocycles. The third-order valence-electron chi connectivity index (χ3n) is 7.94. The molecule has 4 heteroatoms. The number of hydrogen-bond donors (Lipinski definition) is 0. The SMILES string of the molecule is C=C(C)N1CCN(C2C=C/C(N=C(C)CC3=CCCC(C)=C(c4ccnc(C)c4)C(C)=C3)=C/CC(C)=C2)CC1. The summed E-state index contributed by atoms with van der Waals surface area (Å²) in [6, 6.07) is 4.66. The van der Waals surface area contributed by atoms with Gasteiger partial charge in [-0.1, -0.05) is 48.1 Å². The molecular formula is C35H46N4. The van der Waals surface area contributed by atoms with Gasteiger partial charge in [-0.25, -0.2) is 0 Å². The molecule has 1 aromatic rings. The Morgan fingerprint density at radius 1 is 1.08 bits per heavy atom. The zero-order valence-electron chi connectivity index (χ0n) is 24.9. The molecule has 2 aliphatic carbocycles. The molecule has 0 spiro atoms. The lowest BCUT2D eigenvalue weighted by molar-refractivity contribution is 0.150. The minimum Gasteiger partial charge on any atom is -0.373 e. The second-order valence-corrected chi connectivity index (χ2v) is 11.5. The highest BCUT2D eigenvalue weighted by Crippen LogP contribution is 2.32. The topological polar surface area (TPSA) is 31.7 Å². The standard InChI is InChI=1S/C35H46N4/c1-25(2)38-17-19-39(20-18-38)34-14-13-33(12-11-26(3)21-34)37-30(7)23-31-10-8-9-27(4)35(28(5)22-31)32-15-16-36-29(6)24-32/h10,12-16,21-22,24,34H,1,8-9,11,17-20,23H2,2-7H3/b14-13?,26-21?,28-22?,31-10?,33-12-,35-27?,37-30?. The second kappa shape index (κ2) is 13.2. The van der Waals surface area contributed by atoms with Gasteiger partial charge in [0, 0.05) is 61.9 Å². The second-order valence-electron chi connectivity index (χ2n) is 11.5. The van der Waals surface area contributed by atoms with Crippen molar-refractivity contribution in [3.8, 4) is 0 Å². The summed E-state index contributed by atoms with van der Waals surface area (Å²) in [7, 11) is 0. The zero-order chi connectivity index (χ0) is 27.9. The average molecular weight is 523 g/mol. The van der Waals surface area contributed by atoms with E-state index in [1.807, 2.05) is 6.20 Å². The fourth-order valence-corrected chi connectivity index (χ4v) is 5.86. The molecule has 4 rings (SSSR count). The Bertz CT molecular complexity index is 1290. The smallest absolute Gasteiger partial charge is 0.0589 e. The lowest BCUT2D eigenvalue weighted by atomic mass is 9.88. The van der Waals surface area contributed by atoms with Crippen LogP contribution in [0.5, 0.6) is 0 Å². The predicted octanol–water partition coefficient (Wildman–Crippen LogP) is 7.99. The van der Waals surface area contributed by atoms with Gasteiger partial charge in [0.25, 0.3) is 0 Å². The van der Waals surface area contributed by atoms with Crippen LogP contribution in [0.2, 0.25) is 0 Å². The highest BCUT2D eigenvalue weighted by atomic mass is 15.3. The number of aliphatic imine (C=N–C) groups is 1. The molecular weight excluding hydrogens is 476 g/mol. The Morgan fingerprint density at radius 2 is 1.85 bits per heavy atom. The van der Waals surface area contributed by atoms with Gasteiger partial charge in [-0.15, -0.1) is 0 Å². The molecule has 0 N–H and O–H groups in total. The molecule has 1 fully saturated rings. The first-order chi connectivity index (χ1) is 18.7. The first-order valence-electron chi connectivity index (χ1n) is 14.4. The Labute approximate surface area is 236 Å². The summed E-state index contributed by atoms with van der Waals surface area (Å²) in [4.78, 5) is 14.5. The van der Waals surface area contributed by atoms with Crippen LogP contribution < -0.4 is 0 Å². The monoisotopic (exact) mass is 522 g/mol. The van der Waals surface area contributed by atoms with Gasteiger partial charge >= 0.3 is 0 Å². The van der Waals surface area contributed by atoms with Crippen molar-refractivity contribution in [3.63, 3.8) is 0 Å². The van der Waals surface area contributed by atoms with Gasteiger partial charge in [0.05, 0.1) is 5.70 Å². The van der Waals surface area contributed by atoms with Crippen LogP contribution in [0.1, 0.15) is 71.6 Å². The van der Waals surface area contributed by atoms with E-state index < -0.39 is 0 Å². The van der Waals surface area contributed by atoms with Crippen molar-refractivity contribution in [1.82, 2.24) is 14.8 Å². The van der Waals surface area contributed by atoms with E-state index in [1.54, 1.807) is 0 Å². The van der Waals surface area contributed by atoms with Crippen molar-refractivity contribution >= 4 is 11.3 Å². The molecule has 0 amide bonds.